The van der Waals surface area contributed by atoms with E-state index in [1.165, 1.54) is 0 Å². The molecule has 32 heavy (non-hydrogen) atoms. The SMILES string of the molecule is COCc1ccc(CNC(=O)C2CCC(C(=O)NCc3ccc(COC)cc3)CC2)cc1. The van der Waals surface area contributed by atoms with Crippen molar-refractivity contribution in [2.75, 3.05) is 14.2 Å². The van der Waals surface area contributed by atoms with Gasteiger partial charge in [-0.25, -0.2) is 0 Å². The second-order valence-electron chi connectivity index (χ2n) is 8.48. The first-order valence-electron chi connectivity index (χ1n) is 11.3. The van der Waals surface area contributed by atoms with Crippen molar-refractivity contribution in [3.63, 3.8) is 0 Å². The van der Waals surface area contributed by atoms with E-state index in [2.05, 4.69) is 10.6 Å². The van der Waals surface area contributed by atoms with Crippen molar-refractivity contribution in [3.8, 4) is 0 Å². The number of ether oxygens (including phenoxy) is 2. The van der Waals surface area contributed by atoms with Crippen LogP contribution in [-0.4, -0.2) is 26.0 Å². The predicted octanol–water partition coefficient (Wildman–Crippen LogP) is 3.72. The van der Waals surface area contributed by atoms with Gasteiger partial charge in [-0.15, -0.1) is 0 Å². The first-order valence-corrected chi connectivity index (χ1v) is 11.3. The molecular weight excluding hydrogens is 404 g/mol. The van der Waals surface area contributed by atoms with Gasteiger partial charge in [0.15, 0.2) is 0 Å². The van der Waals surface area contributed by atoms with Gasteiger partial charge in [-0.2, -0.15) is 0 Å². The lowest BCUT2D eigenvalue weighted by molar-refractivity contribution is -0.130. The minimum Gasteiger partial charge on any atom is -0.380 e. The summed E-state index contributed by atoms with van der Waals surface area (Å²) in [5, 5.41) is 6.09. The van der Waals surface area contributed by atoms with Gasteiger partial charge in [-0.1, -0.05) is 48.5 Å². The topological polar surface area (TPSA) is 76.7 Å². The molecule has 172 valence electrons. The number of hydrogen-bond acceptors (Lipinski definition) is 4. The normalized spacial score (nSPS) is 18.2. The molecule has 2 N–H and O–H groups in total. The van der Waals surface area contributed by atoms with Gasteiger partial charge in [0.1, 0.15) is 0 Å². The number of carbonyl (C=O) groups is 2. The molecule has 0 unspecified atom stereocenters. The summed E-state index contributed by atoms with van der Waals surface area (Å²) >= 11 is 0. The summed E-state index contributed by atoms with van der Waals surface area (Å²) in [6.07, 6.45) is 3.01. The standard InChI is InChI=1S/C26H34N2O4/c1-31-17-21-7-3-19(4-8-21)15-27-25(29)23-11-13-24(14-12-23)26(30)28-16-20-5-9-22(10-6-20)18-32-2/h3-10,23-24H,11-18H2,1-2H3,(H,27,29)(H,28,30). The zero-order valence-corrected chi connectivity index (χ0v) is 19.1. The van der Waals surface area contributed by atoms with Gasteiger partial charge in [0.25, 0.3) is 0 Å². The average Bonchev–Trinajstić information content (AvgIpc) is 2.83. The summed E-state index contributed by atoms with van der Waals surface area (Å²) in [6.45, 7) is 2.22. The fraction of sp³-hybridized carbons (Fsp3) is 0.462. The number of amides is 2. The van der Waals surface area contributed by atoms with Crippen LogP contribution in [0.3, 0.4) is 0 Å². The fourth-order valence-corrected chi connectivity index (χ4v) is 4.12. The molecule has 1 aliphatic rings. The third-order valence-corrected chi connectivity index (χ3v) is 6.07. The molecule has 0 radical (unpaired) electrons. The molecule has 1 aliphatic carbocycles. The van der Waals surface area contributed by atoms with Crippen molar-refractivity contribution in [3.05, 3.63) is 70.8 Å². The Bertz CT molecular complexity index is 783. The molecule has 0 bridgehead atoms. The van der Waals surface area contributed by atoms with E-state index in [0.29, 0.717) is 26.3 Å². The quantitative estimate of drug-likeness (QED) is 0.593. The van der Waals surface area contributed by atoms with Crippen LogP contribution in [0.25, 0.3) is 0 Å². The van der Waals surface area contributed by atoms with Crippen LogP contribution in [0.5, 0.6) is 0 Å². The Labute approximate surface area is 190 Å². The minimum atomic E-state index is -0.0138. The molecule has 2 amide bonds. The number of nitrogens with one attached hydrogen (secondary N) is 2. The Kier molecular flexibility index (Phi) is 9.26. The molecule has 0 atom stereocenters. The van der Waals surface area contributed by atoms with Crippen molar-refractivity contribution in [2.24, 2.45) is 11.8 Å². The third kappa shape index (κ3) is 7.18. The predicted molar refractivity (Wildman–Crippen MR) is 123 cm³/mol. The Morgan fingerprint density at radius 1 is 0.656 bits per heavy atom. The third-order valence-electron chi connectivity index (χ3n) is 6.07. The van der Waals surface area contributed by atoms with E-state index in [4.69, 9.17) is 9.47 Å². The van der Waals surface area contributed by atoms with Crippen molar-refractivity contribution in [2.45, 2.75) is 52.0 Å². The summed E-state index contributed by atoms with van der Waals surface area (Å²) in [7, 11) is 3.35. The minimum absolute atomic E-state index is 0.0138. The van der Waals surface area contributed by atoms with E-state index >= 15 is 0 Å². The maximum absolute atomic E-state index is 12.6. The molecule has 2 aromatic rings. The zero-order chi connectivity index (χ0) is 22.8. The molecule has 2 aromatic carbocycles. The molecule has 0 heterocycles. The molecule has 6 heteroatoms. The molecule has 0 aliphatic heterocycles. The average molecular weight is 439 g/mol. The first kappa shape index (κ1) is 24.0. The van der Waals surface area contributed by atoms with Gasteiger partial charge in [-0.05, 0) is 47.9 Å². The summed E-state index contributed by atoms with van der Waals surface area (Å²) < 4.78 is 10.2. The summed E-state index contributed by atoms with van der Waals surface area (Å²) in [4.78, 5) is 25.1. The molecule has 0 spiro atoms. The molecule has 0 saturated heterocycles. The van der Waals surface area contributed by atoms with Crippen molar-refractivity contribution >= 4 is 11.8 Å². The van der Waals surface area contributed by atoms with Crippen LogP contribution in [0.2, 0.25) is 0 Å². The van der Waals surface area contributed by atoms with Crippen molar-refractivity contribution in [1.82, 2.24) is 10.6 Å². The second-order valence-corrected chi connectivity index (χ2v) is 8.48. The van der Waals surface area contributed by atoms with Gasteiger partial charge in [0, 0.05) is 39.1 Å². The van der Waals surface area contributed by atoms with Gasteiger partial charge >= 0.3 is 0 Å². The molecule has 6 nitrogen and oxygen atoms in total. The van der Waals surface area contributed by atoms with Gasteiger partial charge in [0.05, 0.1) is 13.2 Å². The van der Waals surface area contributed by atoms with Crippen LogP contribution in [0.1, 0.15) is 47.9 Å². The number of methoxy groups -OCH3 is 2. The Morgan fingerprint density at radius 3 is 1.28 bits per heavy atom. The largest absolute Gasteiger partial charge is 0.380 e. The lowest BCUT2D eigenvalue weighted by Gasteiger charge is -2.27. The number of carbonyl (C=O) groups excluding carboxylic acids is 2. The maximum Gasteiger partial charge on any atom is 0.223 e. The van der Waals surface area contributed by atoms with Crippen LogP contribution < -0.4 is 10.6 Å². The Hall–Kier alpha value is -2.70. The lowest BCUT2D eigenvalue weighted by atomic mass is 9.81. The zero-order valence-electron chi connectivity index (χ0n) is 19.1. The van der Waals surface area contributed by atoms with Crippen LogP contribution >= 0.6 is 0 Å². The monoisotopic (exact) mass is 438 g/mol. The van der Waals surface area contributed by atoms with Gasteiger partial charge in [-0.3, -0.25) is 9.59 Å². The van der Waals surface area contributed by atoms with Gasteiger partial charge < -0.3 is 20.1 Å². The van der Waals surface area contributed by atoms with Gasteiger partial charge in [0.2, 0.25) is 11.8 Å². The van der Waals surface area contributed by atoms with E-state index in [9.17, 15) is 9.59 Å². The van der Waals surface area contributed by atoms with E-state index < -0.39 is 0 Å². The highest BCUT2D eigenvalue weighted by Gasteiger charge is 2.29. The van der Waals surface area contributed by atoms with Crippen LogP contribution in [0.4, 0.5) is 0 Å². The van der Waals surface area contributed by atoms with Crippen LogP contribution in [0, 0.1) is 11.8 Å². The maximum atomic E-state index is 12.6. The molecule has 3 rings (SSSR count). The smallest absolute Gasteiger partial charge is 0.223 e. The fourth-order valence-electron chi connectivity index (χ4n) is 4.12. The molecular formula is C26H34N2O4. The number of rotatable bonds is 10. The van der Waals surface area contributed by atoms with E-state index in [0.717, 1.165) is 47.9 Å². The summed E-state index contributed by atoms with van der Waals surface area (Å²) in [6, 6.07) is 16.1. The Morgan fingerprint density at radius 2 is 0.969 bits per heavy atom. The lowest BCUT2D eigenvalue weighted by Crippen LogP contribution is -2.37. The summed E-state index contributed by atoms with van der Waals surface area (Å²) in [5.41, 5.74) is 4.37. The molecule has 1 saturated carbocycles. The Balaban J connectivity index is 1.37. The number of hydrogen-bond donors (Lipinski definition) is 2. The highest BCUT2D eigenvalue weighted by Crippen LogP contribution is 2.29. The van der Waals surface area contributed by atoms with Crippen molar-refractivity contribution < 1.29 is 19.1 Å². The highest BCUT2D eigenvalue weighted by atomic mass is 16.5. The van der Waals surface area contributed by atoms with E-state index in [1.54, 1.807) is 14.2 Å². The second kappa shape index (κ2) is 12.4. The van der Waals surface area contributed by atoms with E-state index in [1.807, 2.05) is 48.5 Å². The molecule has 1 fully saturated rings. The first-order chi connectivity index (χ1) is 15.6. The highest BCUT2D eigenvalue weighted by molar-refractivity contribution is 5.81. The van der Waals surface area contributed by atoms with Crippen molar-refractivity contribution in [1.29, 1.82) is 0 Å². The van der Waals surface area contributed by atoms with E-state index in [-0.39, 0.29) is 23.7 Å². The summed E-state index contributed by atoms with van der Waals surface area (Å²) in [5.74, 6) is 0.141. The number of benzene rings is 2. The molecule has 0 aromatic heterocycles. The van der Waals surface area contributed by atoms with Crippen LogP contribution in [0.15, 0.2) is 48.5 Å². The van der Waals surface area contributed by atoms with Crippen LogP contribution in [-0.2, 0) is 45.4 Å².